The number of nitrogens with two attached hydrogens (primary N) is 2. The van der Waals surface area contributed by atoms with E-state index in [1.807, 2.05) is 24.3 Å². The van der Waals surface area contributed by atoms with Gasteiger partial charge >= 0.3 is 0 Å². The van der Waals surface area contributed by atoms with Gasteiger partial charge in [0.25, 0.3) is 0 Å². The van der Waals surface area contributed by atoms with Gasteiger partial charge < -0.3 is 20.9 Å². The topological polar surface area (TPSA) is 70.5 Å². The Morgan fingerprint density at radius 1 is 0.654 bits per heavy atom. The molecule has 134 valence electrons. The highest BCUT2D eigenvalue weighted by atomic mass is 19.1. The molecule has 4 N–H and O–H groups in total. The van der Waals surface area contributed by atoms with Gasteiger partial charge in [-0.05, 0) is 41.5 Å². The number of ether oxygens (including phenoxy) is 2. The van der Waals surface area contributed by atoms with Gasteiger partial charge in [-0.1, -0.05) is 24.3 Å². The van der Waals surface area contributed by atoms with Crippen molar-refractivity contribution in [3.63, 3.8) is 0 Å². The first-order chi connectivity index (χ1) is 12.6. The molecular formula is C21H21FN2O2. The van der Waals surface area contributed by atoms with Gasteiger partial charge in [0.05, 0.1) is 13.2 Å². The number of rotatable bonds is 7. The summed E-state index contributed by atoms with van der Waals surface area (Å²) >= 11 is 0. The largest absolute Gasteiger partial charge is 0.493 e. The van der Waals surface area contributed by atoms with Crippen LogP contribution in [0.5, 0.6) is 11.5 Å². The van der Waals surface area contributed by atoms with Crippen LogP contribution < -0.4 is 20.9 Å². The second-order valence-electron chi connectivity index (χ2n) is 5.92. The second kappa shape index (κ2) is 8.25. The van der Waals surface area contributed by atoms with Gasteiger partial charge in [-0.3, -0.25) is 0 Å². The lowest BCUT2D eigenvalue weighted by atomic mass is 10.1. The summed E-state index contributed by atoms with van der Waals surface area (Å²) in [6.07, 6.45) is 0.731. The van der Waals surface area contributed by atoms with E-state index < -0.39 is 0 Å². The third-order valence-electron chi connectivity index (χ3n) is 3.81. The van der Waals surface area contributed by atoms with Crippen LogP contribution >= 0.6 is 0 Å². The molecule has 0 heterocycles. The van der Waals surface area contributed by atoms with Gasteiger partial charge in [0.2, 0.25) is 0 Å². The molecule has 4 nitrogen and oxygen atoms in total. The molecule has 0 saturated heterocycles. The van der Waals surface area contributed by atoms with Crippen LogP contribution in [-0.2, 0) is 0 Å². The monoisotopic (exact) mass is 352 g/mol. The average molecular weight is 352 g/mol. The molecule has 0 fully saturated rings. The van der Waals surface area contributed by atoms with Crippen molar-refractivity contribution in [3.8, 4) is 22.6 Å². The third kappa shape index (κ3) is 4.89. The molecule has 3 aromatic rings. The number of hydrogen-bond acceptors (Lipinski definition) is 4. The Bertz CT molecular complexity index is 829. The Kier molecular flexibility index (Phi) is 5.59. The van der Waals surface area contributed by atoms with E-state index in [1.165, 1.54) is 12.1 Å². The highest BCUT2D eigenvalue weighted by Crippen LogP contribution is 2.23. The van der Waals surface area contributed by atoms with Gasteiger partial charge in [0.1, 0.15) is 17.3 Å². The molecule has 0 spiro atoms. The maximum absolute atomic E-state index is 13.0. The Labute approximate surface area is 152 Å². The van der Waals surface area contributed by atoms with Crippen molar-refractivity contribution < 1.29 is 13.9 Å². The van der Waals surface area contributed by atoms with E-state index in [-0.39, 0.29) is 5.82 Å². The van der Waals surface area contributed by atoms with E-state index in [0.29, 0.717) is 30.3 Å². The van der Waals surface area contributed by atoms with Crippen molar-refractivity contribution >= 4 is 11.4 Å². The van der Waals surface area contributed by atoms with Gasteiger partial charge in [0, 0.05) is 29.9 Å². The summed E-state index contributed by atoms with van der Waals surface area (Å²) in [5.74, 6) is 1.20. The molecule has 0 aliphatic carbocycles. The van der Waals surface area contributed by atoms with E-state index in [4.69, 9.17) is 20.9 Å². The number of nitrogen functional groups attached to an aromatic ring is 2. The van der Waals surface area contributed by atoms with Crippen LogP contribution in [0.15, 0.2) is 66.7 Å². The first-order valence-electron chi connectivity index (χ1n) is 8.38. The maximum Gasteiger partial charge on any atom is 0.123 e. The Morgan fingerprint density at radius 3 is 1.73 bits per heavy atom. The van der Waals surface area contributed by atoms with Crippen LogP contribution in [0.3, 0.4) is 0 Å². The standard InChI is InChI=1S/C21H21FN2O2/c22-17-6-2-15(3-7-17)16-4-8-20(9-5-16)25-10-1-11-26-21-13-18(23)12-19(24)14-21/h2-9,12-14H,1,10-11,23-24H2. The Morgan fingerprint density at radius 2 is 1.15 bits per heavy atom. The Balaban J connectivity index is 1.44. The molecule has 0 unspecified atom stereocenters. The van der Waals surface area contributed by atoms with Crippen molar-refractivity contribution in [2.75, 3.05) is 24.7 Å². The second-order valence-corrected chi connectivity index (χ2v) is 5.92. The van der Waals surface area contributed by atoms with Crippen LogP contribution in [-0.4, -0.2) is 13.2 Å². The van der Waals surface area contributed by atoms with Gasteiger partial charge in [-0.25, -0.2) is 4.39 Å². The van der Waals surface area contributed by atoms with Crippen LogP contribution in [0.2, 0.25) is 0 Å². The third-order valence-corrected chi connectivity index (χ3v) is 3.81. The minimum Gasteiger partial charge on any atom is -0.493 e. The molecule has 0 bridgehead atoms. The quantitative estimate of drug-likeness (QED) is 0.485. The molecule has 0 saturated carbocycles. The molecule has 0 aliphatic heterocycles. The molecule has 3 aromatic carbocycles. The molecular weight excluding hydrogens is 331 g/mol. The summed E-state index contributed by atoms with van der Waals surface area (Å²) in [5.41, 5.74) is 14.6. The highest BCUT2D eigenvalue weighted by Gasteiger charge is 2.01. The zero-order valence-electron chi connectivity index (χ0n) is 14.3. The van der Waals surface area contributed by atoms with Crippen LogP contribution in [0.1, 0.15) is 6.42 Å². The van der Waals surface area contributed by atoms with Crippen LogP contribution in [0.25, 0.3) is 11.1 Å². The van der Waals surface area contributed by atoms with Crippen LogP contribution in [0.4, 0.5) is 15.8 Å². The number of halogens is 1. The molecule has 0 atom stereocenters. The minimum atomic E-state index is -0.239. The molecule has 0 aromatic heterocycles. The molecule has 0 radical (unpaired) electrons. The smallest absolute Gasteiger partial charge is 0.123 e. The molecule has 0 aliphatic rings. The van der Waals surface area contributed by atoms with E-state index in [9.17, 15) is 4.39 Å². The zero-order chi connectivity index (χ0) is 18.4. The Hall–Kier alpha value is -3.21. The van der Waals surface area contributed by atoms with Crippen molar-refractivity contribution in [1.82, 2.24) is 0 Å². The van der Waals surface area contributed by atoms with Crippen molar-refractivity contribution in [1.29, 1.82) is 0 Å². The average Bonchev–Trinajstić information content (AvgIpc) is 2.62. The summed E-state index contributed by atoms with van der Waals surface area (Å²) in [4.78, 5) is 0. The van der Waals surface area contributed by atoms with Crippen molar-refractivity contribution in [3.05, 3.63) is 72.5 Å². The normalized spacial score (nSPS) is 10.5. The fraction of sp³-hybridized carbons (Fsp3) is 0.143. The predicted octanol–water partition coefficient (Wildman–Crippen LogP) is 4.51. The maximum atomic E-state index is 13.0. The lowest BCUT2D eigenvalue weighted by molar-refractivity contribution is 0.247. The molecule has 26 heavy (non-hydrogen) atoms. The SMILES string of the molecule is Nc1cc(N)cc(OCCCOc2ccc(-c3ccc(F)cc3)cc2)c1. The van der Waals surface area contributed by atoms with E-state index in [2.05, 4.69) is 0 Å². The lowest BCUT2D eigenvalue weighted by Gasteiger charge is -2.10. The van der Waals surface area contributed by atoms with Gasteiger partial charge in [0.15, 0.2) is 0 Å². The number of benzene rings is 3. The number of hydrogen-bond donors (Lipinski definition) is 2. The fourth-order valence-corrected chi connectivity index (χ4v) is 2.55. The summed E-state index contributed by atoms with van der Waals surface area (Å²) in [6.45, 7) is 1.05. The van der Waals surface area contributed by atoms with Gasteiger partial charge in [-0.2, -0.15) is 0 Å². The predicted molar refractivity (Wildman–Crippen MR) is 103 cm³/mol. The molecule has 0 amide bonds. The summed E-state index contributed by atoms with van der Waals surface area (Å²) < 4.78 is 24.3. The fourth-order valence-electron chi connectivity index (χ4n) is 2.55. The number of anilines is 2. The first-order valence-corrected chi connectivity index (χ1v) is 8.38. The summed E-state index contributed by atoms with van der Waals surface area (Å²) in [6, 6.07) is 19.3. The minimum absolute atomic E-state index is 0.239. The van der Waals surface area contributed by atoms with Gasteiger partial charge in [-0.15, -0.1) is 0 Å². The molecule has 5 heteroatoms. The molecule has 3 rings (SSSR count). The van der Waals surface area contributed by atoms with E-state index >= 15 is 0 Å². The first kappa shape index (κ1) is 17.6. The van der Waals surface area contributed by atoms with E-state index in [1.54, 1.807) is 30.3 Å². The lowest BCUT2D eigenvalue weighted by Crippen LogP contribution is -2.05. The van der Waals surface area contributed by atoms with E-state index in [0.717, 1.165) is 23.3 Å². The zero-order valence-corrected chi connectivity index (χ0v) is 14.3. The highest BCUT2D eigenvalue weighted by molar-refractivity contribution is 5.64. The van der Waals surface area contributed by atoms with Crippen molar-refractivity contribution in [2.45, 2.75) is 6.42 Å². The van der Waals surface area contributed by atoms with Crippen molar-refractivity contribution in [2.24, 2.45) is 0 Å². The summed E-state index contributed by atoms with van der Waals surface area (Å²) in [5, 5.41) is 0. The summed E-state index contributed by atoms with van der Waals surface area (Å²) in [7, 11) is 0. The van der Waals surface area contributed by atoms with Crippen LogP contribution in [0, 0.1) is 5.82 Å².